The van der Waals surface area contributed by atoms with Crippen LogP contribution in [0.4, 0.5) is 11.4 Å². The fourth-order valence-corrected chi connectivity index (χ4v) is 3.20. The molecule has 0 radical (unpaired) electrons. The van der Waals surface area contributed by atoms with Crippen LogP contribution in [0.25, 0.3) is 0 Å². The minimum absolute atomic E-state index is 0.127. The van der Waals surface area contributed by atoms with E-state index < -0.39 is 6.17 Å². The maximum Gasteiger partial charge on any atom is 0.262 e. The van der Waals surface area contributed by atoms with Crippen molar-refractivity contribution in [3.8, 4) is 11.5 Å². The Bertz CT molecular complexity index is 953. The highest BCUT2D eigenvalue weighted by atomic mass is 16.5. The van der Waals surface area contributed by atoms with Gasteiger partial charge in [0.1, 0.15) is 17.7 Å². The quantitative estimate of drug-likeness (QED) is 0.747. The number of fused-ring (bicyclic) bond motifs is 1. The van der Waals surface area contributed by atoms with Crippen molar-refractivity contribution in [1.82, 2.24) is 0 Å². The van der Waals surface area contributed by atoms with Crippen LogP contribution in [0.15, 0.2) is 72.8 Å². The molecule has 1 amide bonds. The van der Waals surface area contributed by atoms with E-state index in [-0.39, 0.29) is 11.7 Å². The Morgan fingerprint density at radius 3 is 2.38 bits per heavy atom. The van der Waals surface area contributed by atoms with Gasteiger partial charge in [0.25, 0.3) is 5.91 Å². The summed E-state index contributed by atoms with van der Waals surface area (Å²) >= 11 is 0. The number of benzene rings is 3. The highest BCUT2D eigenvalue weighted by Crippen LogP contribution is 2.39. The standard InChI is InChI=1S/C21H18N2O3/c1-26-15-12-10-14(11-13-15)23-20(17-7-3-5-9-19(17)24)22-18-8-4-2-6-16(18)21(23)25/h2-13,20,22,24H,1H3/t20-/m0/s1. The van der Waals surface area contributed by atoms with E-state index in [0.29, 0.717) is 22.6 Å². The zero-order valence-electron chi connectivity index (χ0n) is 14.2. The number of hydrogen-bond donors (Lipinski definition) is 2. The monoisotopic (exact) mass is 346 g/mol. The van der Waals surface area contributed by atoms with Gasteiger partial charge in [-0.25, -0.2) is 0 Å². The molecule has 0 aliphatic carbocycles. The molecular formula is C21H18N2O3. The Labute approximate surface area is 151 Å². The Hall–Kier alpha value is -3.47. The second-order valence-electron chi connectivity index (χ2n) is 6.02. The number of ether oxygens (including phenoxy) is 1. The number of amides is 1. The topological polar surface area (TPSA) is 61.8 Å². The third kappa shape index (κ3) is 2.63. The zero-order chi connectivity index (χ0) is 18.1. The number of nitrogens with zero attached hydrogens (tertiary/aromatic N) is 1. The van der Waals surface area contributed by atoms with Crippen LogP contribution in [-0.2, 0) is 0 Å². The molecular weight excluding hydrogens is 328 g/mol. The number of hydrogen-bond acceptors (Lipinski definition) is 4. The molecule has 2 N–H and O–H groups in total. The van der Waals surface area contributed by atoms with Crippen LogP contribution < -0.4 is 15.0 Å². The number of phenols is 1. The number of para-hydroxylation sites is 2. The van der Waals surface area contributed by atoms with Crippen LogP contribution in [0, 0.1) is 0 Å². The predicted molar refractivity (Wildman–Crippen MR) is 101 cm³/mol. The number of rotatable bonds is 3. The molecule has 1 aliphatic rings. The van der Waals surface area contributed by atoms with Gasteiger partial charge in [0, 0.05) is 16.9 Å². The predicted octanol–water partition coefficient (Wildman–Crippen LogP) is 4.17. The highest BCUT2D eigenvalue weighted by Gasteiger charge is 2.35. The SMILES string of the molecule is COc1ccc(N2C(=O)c3ccccc3N[C@@H]2c2ccccc2O)cc1. The largest absolute Gasteiger partial charge is 0.508 e. The van der Waals surface area contributed by atoms with Gasteiger partial charge < -0.3 is 15.2 Å². The summed E-state index contributed by atoms with van der Waals surface area (Å²) < 4.78 is 5.21. The maximum absolute atomic E-state index is 13.2. The fourth-order valence-electron chi connectivity index (χ4n) is 3.20. The first-order chi connectivity index (χ1) is 12.7. The van der Waals surface area contributed by atoms with Gasteiger partial charge in [-0.05, 0) is 42.5 Å². The van der Waals surface area contributed by atoms with Crippen LogP contribution in [0.1, 0.15) is 22.1 Å². The summed E-state index contributed by atoms with van der Waals surface area (Å²) in [5.74, 6) is 0.721. The maximum atomic E-state index is 13.2. The molecule has 0 unspecified atom stereocenters. The third-order valence-corrected chi connectivity index (χ3v) is 4.51. The second-order valence-corrected chi connectivity index (χ2v) is 6.02. The fraction of sp³-hybridized carbons (Fsp3) is 0.0952. The lowest BCUT2D eigenvalue weighted by Crippen LogP contribution is -2.43. The first-order valence-corrected chi connectivity index (χ1v) is 8.30. The summed E-state index contributed by atoms with van der Waals surface area (Å²) in [6.45, 7) is 0. The van der Waals surface area contributed by atoms with Crippen molar-refractivity contribution in [3.05, 3.63) is 83.9 Å². The van der Waals surface area contributed by atoms with Gasteiger partial charge >= 0.3 is 0 Å². The molecule has 4 rings (SSSR count). The number of phenolic OH excluding ortho intramolecular Hbond substituents is 1. The van der Waals surface area contributed by atoms with Gasteiger partial charge in [-0.3, -0.25) is 9.69 Å². The molecule has 0 aromatic heterocycles. The zero-order valence-corrected chi connectivity index (χ0v) is 14.2. The van der Waals surface area contributed by atoms with E-state index in [9.17, 15) is 9.90 Å². The van der Waals surface area contributed by atoms with Crippen LogP contribution in [0.2, 0.25) is 0 Å². The van der Waals surface area contributed by atoms with Crippen molar-refractivity contribution in [2.75, 3.05) is 17.3 Å². The van der Waals surface area contributed by atoms with Crippen molar-refractivity contribution in [2.24, 2.45) is 0 Å². The molecule has 26 heavy (non-hydrogen) atoms. The van der Waals surface area contributed by atoms with Gasteiger partial charge in [-0.2, -0.15) is 0 Å². The molecule has 0 fully saturated rings. The number of anilines is 2. The Kier molecular flexibility index (Phi) is 3.97. The molecule has 0 saturated heterocycles. The molecule has 3 aromatic rings. The van der Waals surface area contributed by atoms with E-state index in [2.05, 4.69) is 5.32 Å². The molecule has 0 spiro atoms. The van der Waals surface area contributed by atoms with E-state index in [1.54, 1.807) is 30.2 Å². The van der Waals surface area contributed by atoms with Crippen LogP contribution >= 0.6 is 0 Å². The summed E-state index contributed by atoms with van der Waals surface area (Å²) in [6.07, 6.45) is -0.521. The number of aromatic hydroxyl groups is 1. The van der Waals surface area contributed by atoms with Crippen LogP contribution in [-0.4, -0.2) is 18.1 Å². The molecule has 0 bridgehead atoms. The van der Waals surface area contributed by atoms with Crippen LogP contribution in [0.3, 0.4) is 0 Å². The molecule has 3 aromatic carbocycles. The normalized spacial score (nSPS) is 16.0. The van der Waals surface area contributed by atoms with E-state index >= 15 is 0 Å². The average molecular weight is 346 g/mol. The molecule has 0 saturated carbocycles. The summed E-state index contributed by atoms with van der Waals surface area (Å²) in [5.41, 5.74) is 2.68. The van der Waals surface area contributed by atoms with Gasteiger partial charge in [-0.15, -0.1) is 0 Å². The molecule has 5 heteroatoms. The van der Waals surface area contributed by atoms with Crippen LogP contribution in [0.5, 0.6) is 11.5 Å². The molecule has 1 aliphatic heterocycles. The Morgan fingerprint density at radius 1 is 0.962 bits per heavy atom. The summed E-state index contributed by atoms with van der Waals surface area (Å²) in [5, 5.41) is 13.7. The van der Waals surface area contributed by atoms with Crippen molar-refractivity contribution in [3.63, 3.8) is 0 Å². The summed E-state index contributed by atoms with van der Waals surface area (Å²) in [4.78, 5) is 14.9. The summed E-state index contributed by atoms with van der Waals surface area (Å²) in [6, 6.07) is 21.7. The smallest absolute Gasteiger partial charge is 0.262 e. The molecule has 5 nitrogen and oxygen atoms in total. The van der Waals surface area contributed by atoms with Crippen molar-refractivity contribution in [1.29, 1.82) is 0 Å². The first-order valence-electron chi connectivity index (χ1n) is 8.30. The number of nitrogens with one attached hydrogen (secondary N) is 1. The molecule has 1 heterocycles. The first kappa shape index (κ1) is 16.0. The second kappa shape index (κ2) is 6.44. The van der Waals surface area contributed by atoms with E-state index in [1.165, 1.54) is 0 Å². The van der Waals surface area contributed by atoms with Crippen molar-refractivity contribution < 1.29 is 14.6 Å². The Morgan fingerprint density at radius 2 is 1.65 bits per heavy atom. The minimum Gasteiger partial charge on any atom is -0.508 e. The lowest BCUT2D eigenvalue weighted by Gasteiger charge is -2.38. The van der Waals surface area contributed by atoms with E-state index in [4.69, 9.17) is 4.74 Å². The Balaban J connectivity index is 1.86. The van der Waals surface area contributed by atoms with Gasteiger partial charge in [-0.1, -0.05) is 30.3 Å². The lowest BCUT2D eigenvalue weighted by molar-refractivity contribution is 0.0974. The van der Waals surface area contributed by atoms with E-state index in [1.807, 2.05) is 54.6 Å². The van der Waals surface area contributed by atoms with Crippen molar-refractivity contribution >= 4 is 17.3 Å². The lowest BCUT2D eigenvalue weighted by atomic mass is 10.0. The van der Waals surface area contributed by atoms with E-state index in [0.717, 1.165) is 5.69 Å². The minimum atomic E-state index is -0.521. The number of methoxy groups -OCH3 is 1. The van der Waals surface area contributed by atoms with Gasteiger partial charge in [0.15, 0.2) is 0 Å². The number of carbonyl (C=O) groups is 1. The average Bonchev–Trinajstić information content (AvgIpc) is 2.68. The molecule has 130 valence electrons. The van der Waals surface area contributed by atoms with Gasteiger partial charge in [0.2, 0.25) is 0 Å². The third-order valence-electron chi connectivity index (χ3n) is 4.51. The number of carbonyl (C=O) groups excluding carboxylic acids is 1. The van der Waals surface area contributed by atoms with Gasteiger partial charge in [0.05, 0.1) is 12.7 Å². The highest BCUT2D eigenvalue weighted by molar-refractivity contribution is 6.12. The summed E-state index contributed by atoms with van der Waals surface area (Å²) in [7, 11) is 1.60. The van der Waals surface area contributed by atoms with Crippen molar-refractivity contribution in [2.45, 2.75) is 6.17 Å². The molecule has 1 atom stereocenters.